The van der Waals surface area contributed by atoms with Crippen LogP contribution in [0.3, 0.4) is 0 Å². The third kappa shape index (κ3) is 5.56. The van der Waals surface area contributed by atoms with Crippen LogP contribution in [0.15, 0.2) is 41.3 Å². The lowest BCUT2D eigenvalue weighted by Crippen LogP contribution is -2.14. The van der Waals surface area contributed by atoms with Gasteiger partial charge in [-0.15, -0.1) is 0 Å². The number of carboxylic acids is 1. The predicted octanol–water partition coefficient (Wildman–Crippen LogP) is 2.70. The normalized spacial score (nSPS) is 10.9. The van der Waals surface area contributed by atoms with E-state index in [2.05, 4.69) is 10.0 Å². The molecule has 0 aliphatic heterocycles. The van der Waals surface area contributed by atoms with E-state index < -0.39 is 34.3 Å². The third-order valence-electron chi connectivity index (χ3n) is 3.09. The van der Waals surface area contributed by atoms with Gasteiger partial charge in [0.2, 0.25) is 5.91 Å². The molecule has 0 aromatic heterocycles. The molecule has 1 amide bonds. The summed E-state index contributed by atoms with van der Waals surface area (Å²) >= 11 is 5.92. The molecule has 8 nitrogen and oxygen atoms in total. The Bertz CT molecular complexity index is 996. The van der Waals surface area contributed by atoms with Gasteiger partial charge in [0.1, 0.15) is 11.6 Å². The molecular formula is C16H14ClFN2O6S. The highest BCUT2D eigenvalue weighted by atomic mass is 35.5. The molecule has 11 heteroatoms. The number of halogens is 2. The number of hydrogen-bond acceptors (Lipinski definition) is 5. The average molecular weight is 417 g/mol. The molecule has 0 saturated carbocycles. The van der Waals surface area contributed by atoms with Gasteiger partial charge in [0.25, 0.3) is 10.0 Å². The summed E-state index contributed by atoms with van der Waals surface area (Å²) in [6.07, 6.45) is 0. The number of nitrogens with one attached hydrogen (secondary N) is 2. The second-order valence-electron chi connectivity index (χ2n) is 5.26. The average Bonchev–Trinajstić information content (AvgIpc) is 2.56. The molecule has 2 aromatic carbocycles. The SMILES string of the molecule is CC(=O)Nc1cc(NS(=O)(=O)c2ccc(OCC(=O)O)c(Cl)c2)ccc1F. The zero-order valence-electron chi connectivity index (χ0n) is 13.8. The van der Waals surface area contributed by atoms with Crippen LogP contribution in [0.4, 0.5) is 15.8 Å². The van der Waals surface area contributed by atoms with Crippen LogP contribution in [0.2, 0.25) is 5.02 Å². The number of hydrogen-bond donors (Lipinski definition) is 3. The smallest absolute Gasteiger partial charge is 0.341 e. The number of carbonyl (C=O) groups is 2. The first-order chi connectivity index (χ1) is 12.6. The van der Waals surface area contributed by atoms with E-state index in [1.54, 1.807) is 0 Å². The van der Waals surface area contributed by atoms with Gasteiger partial charge in [-0.05, 0) is 36.4 Å². The Hall–Kier alpha value is -2.85. The molecule has 2 aromatic rings. The van der Waals surface area contributed by atoms with E-state index >= 15 is 0 Å². The maximum absolute atomic E-state index is 13.6. The lowest BCUT2D eigenvalue weighted by Gasteiger charge is -2.12. The Morgan fingerprint density at radius 2 is 1.93 bits per heavy atom. The highest BCUT2D eigenvalue weighted by molar-refractivity contribution is 7.92. The Kier molecular flexibility index (Phi) is 6.24. The van der Waals surface area contributed by atoms with E-state index in [0.717, 1.165) is 18.2 Å². The molecule has 0 aliphatic carbocycles. The molecule has 0 aliphatic rings. The summed E-state index contributed by atoms with van der Waals surface area (Å²) in [5.41, 5.74) is -0.166. The third-order valence-corrected chi connectivity index (χ3v) is 4.77. The van der Waals surface area contributed by atoms with Crippen molar-refractivity contribution in [2.75, 3.05) is 16.6 Å². The molecule has 0 fully saturated rings. The van der Waals surface area contributed by atoms with Crippen molar-refractivity contribution in [3.63, 3.8) is 0 Å². The number of carboxylic acid groups (broad SMARTS) is 1. The van der Waals surface area contributed by atoms with Gasteiger partial charge in [-0.2, -0.15) is 0 Å². The molecule has 0 radical (unpaired) electrons. The number of ether oxygens (including phenoxy) is 1. The maximum atomic E-state index is 13.6. The lowest BCUT2D eigenvalue weighted by atomic mass is 10.2. The van der Waals surface area contributed by atoms with Crippen LogP contribution >= 0.6 is 11.6 Å². The molecule has 0 saturated heterocycles. The Morgan fingerprint density at radius 3 is 2.52 bits per heavy atom. The number of anilines is 2. The minimum atomic E-state index is -4.08. The number of benzene rings is 2. The number of carbonyl (C=O) groups excluding carboxylic acids is 1. The Labute approximate surface area is 159 Å². The van der Waals surface area contributed by atoms with Gasteiger partial charge in [-0.1, -0.05) is 11.6 Å². The molecule has 2 rings (SSSR count). The molecule has 27 heavy (non-hydrogen) atoms. The van der Waals surface area contributed by atoms with Gasteiger partial charge < -0.3 is 15.2 Å². The lowest BCUT2D eigenvalue weighted by molar-refractivity contribution is -0.139. The summed E-state index contributed by atoms with van der Waals surface area (Å²) in [6.45, 7) is 0.553. The molecule has 0 unspecified atom stereocenters. The minimum Gasteiger partial charge on any atom is -0.480 e. The van der Waals surface area contributed by atoms with E-state index in [1.165, 1.54) is 25.1 Å². The summed E-state index contributed by atoms with van der Waals surface area (Å²) in [6, 6.07) is 6.78. The first-order valence-electron chi connectivity index (χ1n) is 7.32. The van der Waals surface area contributed by atoms with Crippen LogP contribution in [0.25, 0.3) is 0 Å². The first kappa shape index (κ1) is 20.5. The summed E-state index contributed by atoms with van der Waals surface area (Å²) in [7, 11) is -4.08. The van der Waals surface area contributed by atoms with Crippen molar-refractivity contribution in [3.05, 3.63) is 47.2 Å². The zero-order chi connectivity index (χ0) is 20.2. The molecule has 3 N–H and O–H groups in total. The molecule has 0 atom stereocenters. The van der Waals surface area contributed by atoms with Crippen molar-refractivity contribution in [2.24, 2.45) is 0 Å². The van der Waals surface area contributed by atoms with Crippen molar-refractivity contribution in [2.45, 2.75) is 11.8 Å². The van der Waals surface area contributed by atoms with E-state index in [-0.39, 0.29) is 27.0 Å². The molecule has 144 valence electrons. The number of amides is 1. The molecular weight excluding hydrogens is 403 g/mol. The molecule has 0 heterocycles. The van der Waals surface area contributed by atoms with Crippen LogP contribution in [0.1, 0.15) is 6.92 Å². The highest BCUT2D eigenvalue weighted by Gasteiger charge is 2.18. The van der Waals surface area contributed by atoms with Crippen molar-refractivity contribution < 1.29 is 32.2 Å². The maximum Gasteiger partial charge on any atom is 0.341 e. The quantitative estimate of drug-likeness (QED) is 0.638. The standard InChI is InChI=1S/C16H14ClFN2O6S/c1-9(21)19-14-6-10(2-4-13(14)18)20-27(24,25)11-3-5-15(12(17)7-11)26-8-16(22)23/h2-7,20H,8H2,1H3,(H,19,21)(H,22,23). The van der Waals surface area contributed by atoms with Gasteiger partial charge in [0.15, 0.2) is 6.61 Å². The first-order valence-corrected chi connectivity index (χ1v) is 9.18. The highest BCUT2D eigenvalue weighted by Crippen LogP contribution is 2.29. The fourth-order valence-electron chi connectivity index (χ4n) is 1.99. The zero-order valence-corrected chi connectivity index (χ0v) is 15.4. The van der Waals surface area contributed by atoms with E-state index in [0.29, 0.717) is 0 Å². The van der Waals surface area contributed by atoms with Gasteiger partial charge in [0.05, 0.1) is 21.3 Å². The minimum absolute atomic E-state index is 0.00717. The van der Waals surface area contributed by atoms with Gasteiger partial charge in [-0.3, -0.25) is 9.52 Å². The van der Waals surface area contributed by atoms with Gasteiger partial charge in [0, 0.05) is 6.92 Å². The Morgan fingerprint density at radius 1 is 1.22 bits per heavy atom. The molecule has 0 spiro atoms. The Balaban J connectivity index is 2.25. The van der Waals surface area contributed by atoms with Crippen LogP contribution in [0, 0.1) is 5.82 Å². The largest absolute Gasteiger partial charge is 0.480 e. The second-order valence-corrected chi connectivity index (χ2v) is 7.35. The summed E-state index contributed by atoms with van der Waals surface area (Å²) in [5, 5.41) is 10.7. The monoisotopic (exact) mass is 416 g/mol. The fourth-order valence-corrected chi connectivity index (χ4v) is 3.37. The van der Waals surface area contributed by atoms with Gasteiger partial charge in [-0.25, -0.2) is 17.6 Å². The van der Waals surface area contributed by atoms with Crippen LogP contribution in [0.5, 0.6) is 5.75 Å². The van der Waals surface area contributed by atoms with Crippen LogP contribution in [-0.2, 0) is 19.6 Å². The van der Waals surface area contributed by atoms with Crippen molar-refractivity contribution in [1.29, 1.82) is 0 Å². The second kappa shape index (κ2) is 8.23. The van der Waals surface area contributed by atoms with Crippen LogP contribution in [-0.4, -0.2) is 32.0 Å². The summed E-state index contributed by atoms with van der Waals surface area (Å²) < 4.78 is 45.7. The predicted molar refractivity (Wildman–Crippen MR) is 96.1 cm³/mol. The van der Waals surface area contributed by atoms with E-state index in [9.17, 15) is 22.4 Å². The fraction of sp³-hybridized carbons (Fsp3) is 0.125. The number of aliphatic carboxylic acids is 1. The molecule has 0 bridgehead atoms. The topological polar surface area (TPSA) is 122 Å². The van der Waals surface area contributed by atoms with Crippen molar-refractivity contribution in [1.82, 2.24) is 0 Å². The summed E-state index contributed by atoms with van der Waals surface area (Å²) in [5.74, 6) is -2.45. The van der Waals surface area contributed by atoms with Gasteiger partial charge >= 0.3 is 5.97 Å². The van der Waals surface area contributed by atoms with E-state index in [4.69, 9.17) is 21.4 Å². The summed E-state index contributed by atoms with van der Waals surface area (Å²) in [4.78, 5) is 21.4. The van der Waals surface area contributed by atoms with Crippen LogP contribution < -0.4 is 14.8 Å². The van der Waals surface area contributed by atoms with Crippen molar-refractivity contribution in [3.8, 4) is 5.75 Å². The van der Waals surface area contributed by atoms with E-state index in [1.807, 2.05) is 0 Å². The van der Waals surface area contributed by atoms with Crippen molar-refractivity contribution >= 4 is 44.9 Å². The number of sulfonamides is 1. The number of rotatable bonds is 7.